The van der Waals surface area contributed by atoms with Crippen molar-refractivity contribution in [3.8, 4) is 0 Å². The third kappa shape index (κ3) is 4.35. The van der Waals surface area contributed by atoms with Crippen molar-refractivity contribution in [2.75, 3.05) is 0 Å². The quantitative estimate of drug-likeness (QED) is 0.631. The summed E-state index contributed by atoms with van der Waals surface area (Å²) >= 11 is 0. The highest BCUT2D eigenvalue weighted by molar-refractivity contribution is 4.66. The lowest BCUT2D eigenvalue weighted by Crippen LogP contribution is -2.36. The average Bonchev–Trinajstić information content (AvgIpc) is 1.87. The van der Waals surface area contributed by atoms with Gasteiger partial charge in [-0.1, -0.05) is 0 Å². The van der Waals surface area contributed by atoms with E-state index in [9.17, 15) is 0 Å². The highest BCUT2D eigenvalue weighted by Gasteiger charge is 2.15. The Morgan fingerprint density at radius 3 is 1.82 bits per heavy atom. The molecule has 0 radical (unpaired) electrons. The van der Waals surface area contributed by atoms with Crippen molar-refractivity contribution in [1.82, 2.24) is 0 Å². The number of hydrogen-bond donors (Lipinski definition) is 2. The van der Waals surface area contributed by atoms with Crippen LogP contribution in [0.5, 0.6) is 0 Å². The monoisotopic (exact) mass is 161 g/mol. The smallest absolute Gasteiger partial charge is 0.0807 e. The molecule has 0 bridgehead atoms. The number of ether oxygens (including phenoxy) is 1. The molecule has 3 nitrogen and oxygen atoms in total. The van der Waals surface area contributed by atoms with Crippen molar-refractivity contribution in [2.24, 2.45) is 5.73 Å². The van der Waals surface area contributed by atoms with Gasteiger partial charge in [-0.3, -0.25) is 0 Å². The van der Waals surface area contributed by atoms with Crippen LogP contribution in [0.3, 0.4) is 0 Å². The summed E-state index contributed by atoms with van der Waals surface area (Å²) in [6, 6.07) is 0.0104. The molecule has 3 N–H and O–H groups in total. The van der Waals surface area contributed by atoms with E-state index >= 15 is 0 Å². The molecule has 0 saturated carbocycles. The molecular weight excluding hydrogens is 142 g/mol. The summed E-state index contributed by atoms with van der Waals surface area (Å²) in [5.74, 6) is 0. The van der Waals surface area contributed by atoms with Gasteiger partial charge >= 0.3 is 0 Å². The molecular formula is C8H19NO2. The second-order valence-corrected chi connectivity index (χ2v) is 3.15. The van der Waals surface area contributed by atoms with Crippen LogP contribution in [-0.2, 0) is 4.74 Å². The van der Waals surface area contributed by atoms with Crippen molar-refractivity contribution in [2.45, 2.75) is 52.0 Å². The molecule has 0 aliphatic heterocycles. The Bertz CT molecular complexity index is 92.3. The lowest BCUT2D eigenvalue weighted by atomic mass is 10.2. The molecule has 0 heterocycles. The molecule has 0 aliphatic carbocycles. The third-order valence-corrected chi connectivity index (χ3v) is 1.85. The number of nitrogens with two attached hydrogens (primary N) is 1. The summed E-state index contributed by atoms with van der Waals surface area (Å²) in [6.45, 7) is 7.34. The maximum Gasteiger partial charge on any atom is 0.0807 e. The zero-order chi connectivity index (χ0) is 9.02. The van der Waals surface area contributed by atoms with Gasteiger partial charge in [0.25, 0.3) is 0 Å². The summed E-state index contributed by atoms with van der Waals surface area (Å²) in [7, 11) is 0. The van der Waals surface area contributed by atoms with Crippen molar-refractivity contribution in [3.05, 3.63) is 0 Å². The van der Waals surface area contributed by atoms with Crippen LogP contribution in [0.15, 0.2) is 0 Å². The zero-order valence-corrected chi connectivity index (χ0v) is 7.74. The topological polar surface area (TPSA) is 55.5 Å². The molecule has 68 valence electrons. The molecule has 0 aromatic carbocycles. The highest BCUT2D eigenvalue weighted by atomic mass is 16.5. The van der Waals surface area contributed by atoms with Gasteiger partial charge in [0.1, 0.15) is 0 Å². The van der Waals surface area contributed by atoms with E-state index in [2.05, 4.69) is 0 Å². The minimum atomic E-state index is -0.434. The molecule has 4 atom stereocenters. The zero-order valence-electron chi connectivity index (χ0n) is 7.74. The van der Waals surface area contributed by atoms with Gasteiger partial charge in [-0.2, -0.15) is 0 Å². The normalized spacial score (nSPS) is 22.4. The highest BCUT2D eigenvalue weighted by Crippen LogP contribution is 2.04. The first kappa shape index (κ1) is 10.9. The third-order valence-electron chi connectivity index (χ3n) is 1.85. The Kier molecular flexibility index (Phi) is 4.65. The van der Waals surface area contributed by atoms with Crippen molar-refractivity contribution in [3.63, 3.8) is 0 Å². The van der Waals surface area contributed by atoms with E-state index in [4.69, 9.17) is 15.6 Å². The Hall–Kier alpha value is -0.120. The van der Waals surface area contributed by atoms with Crippen molar-refractivity contribution in [1.29, 1.82) is 0 Å². The minimum absolute atomic E-state index is 0.000370. The van der Waals surface area contributed by atoms with E-state index in [0.29, 0.717) is 0 Å². The van der Waals surface area contributed by atoms with Gasteiger partial charge in [0.15, 0.2) is 0 Å². The standard InChI is InChI=1S/C8H19NO2/c1-5(9)7(3)11-8(4)6(2)10/h5-8,10H,9H2,1-4H3. The van der Waals surface area contributed by atoms with Crippen molar-refractivity contribution < 1.29 is 9.84 Å². The average molecular weight is 161 g/mol. The predicted octanol–water partition coefficient (Wildman–Crippen LogP) is 0.508. The fourth-order valence-corrected chi connectivity index (χ4v) is 0.576. The van der Waals surface area contributed by atoms with Crippen LogP contribution in [0.25, 0.3) is 0 Å². The number of hydrogen-bond acceptors (Lipinski definition) is 3. The SMILES string of the molecule is CC(N)C(C)OC(C)C(C)O. The second-order valence-electron chi connectivity index (χ2n) is 3.15. The van der Waals surface area contributed by atoms with Crippen LogP contribution in [-0.4, -0.2) is 29.5 Å². The molecule has 0 amide bonds. The van der Waals surface area contributed by atoms with E-state index in [1.807, 2.05) is 20.8 Å². The fourth-order valence-electron chi connectivity index (χ4n) is 0.576. The molecule has 0 rings (SSSR count). The summed E-state index contributed by atoms with van der Waals surface area (Å²) in [5, 5.41) is 9.09. The van der Waals surface area contributed by atoms with E-state index in [1.54, 1.807) is 6.92 Å². The molecule has 0 saturated heterocycles. The number of aliphatic hydroxyl groups is 1. The van der Waals surface area contributed by atoms with E-state index < -0.39 is 6.10 Å². The molecule has 0 aliphatic rings. The summed E-state index contributed by atoms with van der Waals surface area (Å²) in [6.07, 6.45) is -0.577. The van der Waals surface area contributed by atoms with Gasteiger partial charge < -0.3 is 15.6 Å². The minimum Gasteiger partial charge on any atom is -0.391 e. The number of aliphatic hydroxyl groups excluding tert-OH is 1. The molecule has 0 fully saturated rings. The van der Waals surface area contributed by atoms with Crippen LogP contribution in [0.2, 0.25) is 0 Å². The van der Waals surface area contributed by atoms with Gasteiger partial charge in [0, 0.05) is 6.04 Å². The van der Waals surface area contributed by atoms with Crippen LogP contribution in [0.4, 0.5) is 0 Å². The Balaban J connectivity index is 3.66. The number of rotatable bonds is 4. The van der Waals surface area contributed by atoms with Crippen LogP contribution in [0.1, 0.15) is 27.7 Å². The fraction of sp³-hybridized carbons (Fsp3) is 1.00. The summed E-state index contributed by atoms with van der Waals surface area (Å²) in [5.41, 5.74) is 5.58. The first-order valence-electron chi connectivity index (χ1n) is 4.04. The second kappa shape index (κ2) is 4.70. The lowest BCUT2D eigenvalue weighted by molar-refractivity contribution is -0.0604. The maximum absolute atomic E-state index is 9.09. The van der Waals surface area contributed by atoms with Gasteiger partial charge in [-0.05, 0) is 27.7 Å². The van der Waals surface area contributed by atoms with E-state index in [0.717, 1.165) is 0 Å². The van der Waals surface area contributed by atoms with Crippen molar-refractivity contribution >= 4 is 0 Å². The first-order valence-corrected chi connectivity index (χ1v) is 4.04. The van der Waals surface area contributed by atoms with E-state index in [1.165, 1.54) is 0 Å². The molecule has 11 heavy (non-hydrogen) atoms. The van der Waals surface area contributed by atoms with Gasteiger partial charge in [0.2, 0.25) is 0 Å². The van der Waals surface area contributed by atoms with Crippen LogP contribution >= 0.6 is 0 Å². The molecule has 0 aromatic heterocycles. The Morgan fingerprint density at radius 1 is 1.09 bits per heavy atom. The summed E-state index contributed by atoms with van der Waals surface area (Å²) in [4.78, 5) is 0. The molecule has 0 spiro atoms. The Morgan fingerprint density at radius 2 is 1.55 bits per heavy atom. The predicted molar refractivity (Wildman–Crippen MR) is 45.3 cm³/mol. The lowest BCUT2D eigenvalue weighted by Gasteiger charge is -2.23. The van der Waals surface area contributed by atoms with Crippen LogP contribution in [0, 0.1) is 0 Å². The largest absolute Gasteiger partial charge is 0.391 e. The first-order chi connectivity index (χ1) is 4.95. The molecule has 0 aromatic rings. The maximum atomic E-state index is 9.09. The van der Waals surface area contributed by atoms with Gasteiger partial charge in [-0.25, -0.2) is 0 Å². The van der Waals surface area contributed by atoms with Crippen LogP contribution < -0.4 is 5.73 Å². The Labute approximate surface area is 68.5 Å². The van der Waals surface area contributed by atoms with E-state index in [-0.39, 0.29) is 18.2 Å². The van der Waals surface area contributed by atoms with Gasteiger partial charge in [0.05, 0.1) is 18.3 Å². The molecule has 3 heteroatoms. The molecule has 4 unspecified atom stereocenters. The summed E-state index contributed by atoms with van der Waals surface area (Å²) < 4.78 is 5.40. The van der Waals surface area contributed by atoms with Gasteiger partial charge in [-0.15, -0.1) is 0 Å².